The molecule has 0 spiro atoms. The molecule has 24 heavy (non-hydrogen) atoms. The van der Waals surface area contributed by atoms with Crippen LogP contribution in [0.25, 0.3) is 10.1 Å². The van der Waals surface area contributed by atoms with Crippen LogP contribution in [-0.4, -0.2) is 12.1 Å². The minimum absolute atomic E-state index is 0.118. The lowest BCUT2D eigenvalue weighted by Crippen LogP contribution is -2.17. The van der Waals surface area contributed by atoms with E-state index < -0.39 is 0 Å². The van der Waals surface area contributed by atoms with E-state index in [9.17, 15) is 4.79 Å². The minimum Gasteiger partial charge on any atom is -0.266 e. The van der Waals surface area contributed by atoms with Crippen LogP contribution in [0.1, 0.15) is 33.6 Å². The predicted molar refractivity (Wildman–Crippen MR) is 102 cm³/mol. The fourth-order valence-electron chi connectivity index (χ4n) is 2.42. The number of amides is 1. The van der Waals surface area contributed by atoms with E-state index in [1.807, 2.05) is 62.4 Å². The van der Waals surface area contributed by atoms with Crippen molar-refractivity contribution >= 4 is 45.1 Å². The number of rotatable bonds is 4. The van der Waals surface area contributed by atoms with Gasteiger partial charge >= 0.3 is 0 Å². The molecule has 0 fully saturated rings. The maximum absolute atomic E-state index is 12.3. The van der Waals surface area contributed by atoms with Crippen molar-refractivity contribution in [3.8, 4) is 0 Å². The Bertz CT molecular complexity index is 902. The Morgan fingerprint density at radius 1 is 1.25 bits per heavy atom. The molecule has 1 amide bonds. The van der Waals surface area contributed by atoms with Crippen LogP contribution >= 0.6 is 22.9 Å². The van der Waals surface area contributed by atoms with Crippen molar-refractivity contribution in [2.45, 2.75) is 19.8 Å². The van der Waals surface area contributed by atoms with Crippen LogP contribution in [0.5, 0.6) is 0 Å². The normalized spacial score (nSPS) is 12.6. The molecule has 0 radical (unpaired) electrons. The SMILES string of the molecule is Cc1ccc2c(Cl)c(C(=O)N/N=C/C(C)c3ccccc3)sc2c1. The van der Waals surface area contributed by atoms with Crippen LogP contribution < -0.4 is 5.43 Å². The summed E-state index contributed by atoms with van der Waals surface area (Å²) in [5.41, 5.74) is 4.86. The average Bonchev–Trinajstić information content (AvgIpc) is 2.91. The maximum atomic E-state index is 12.3. The quantitative estimate of drug-likeness (QED) is 0.494. The van der Waals surface area contributed by atoms with Crippen LogP contribution in [0.3, 0.4) is 0 Å². The van der Waals surface area contributed by atoms with Gasteiger partial charge in [0.25, 0.3) is 5.91 Å². The Hall–Kier alpha value is -2.17. The Balaban J connectivity index is 1.73. The van der Waals surface area contributed by atoms with Crippen molar-refractivity contribution < 1.29 is 4.79 Å². The van der Waals surface area contributed by atoms with E-state index in [4.69, 9.17) is 11.6 Å². The molecular formula is C19H17ClN2OS. The number of hydrogen-bond acceptors (Lipinski definition) is 3. The second-order valence-electron chi connectivity index (χ2n) is 5.66. The number of hydrogen-bond donors (Lipinski definition) is 1. The Labute approximate surface area is 150 Å². The smallest absolute Gasteiger partial charge is 0.266 e. The summed E-state index contributed by atoms with van der Waals surface area (Å²) in [5, 5.41) is 5.46. The van der Waals surface area contributed by atoms with E-state index in [2.05, 4.69) is 10.5 Å². The lowest BCUT2D eigenvalue weighted by Gasteiger charge is -2.05. The summed E-state index contributed by atoms with van der Waals surface area (Å²) in [4.78, 5) is 12.8. The number of benzene rings is 2. The van der Waals surface area contributed by atoms with Crippen molar-refractivity contribution in [2.75, 3.05) is 0 Å². The molecule has 1 atom stereocenters. The molecular weight excluding hydrogens is 340 g/mol. The highest BCUT2D eigenvalue weighted by molar-refractivity contribution is 7.21. The van der Waals surface area contributed by atoms with Gasteiger partial charge < -0.3 is 0 Å². The molecule has 1 heterocycles. The Morgan fingerprint density at radius 3 is 2.75 bits per heavy atom. The molecule has 0 saturated heterocycles. The van der Waals surface area contributed by atoms with E-state index in [1.54, 1.807) is 6.21 Å². The maximum Gasteiger partial charge on any atom is 0.282 e. The monoisotopic (exact) mass is 356 g/mol. The third-order valence-electron chi connectivity index (χ3n) is 3.78. The molecule has 1 aromatic heterocycles. The largest absolute Gasteiger partial charge is 0.282 e. The van der Waals surface area contributed by atoms with E-state index in [1.165, 1.54) is 11.3 Å². The van der Waals surface area contributed by atoms with Crippen LogP contribution in [0.4, 0.5) is 0 Å². The first-order chi connectivity index (χ1) is 11.6. The highest BCUT2D eigenvalue weighted by Crippen LogP contribution is 2.35. The molecule has 0 aliphatic heterocycles. The van der Waals surface area contributed by atoms with Crippen LogP contribution in [-0.2, 0) is 0 Å². The van der Waals surface area contributed by atoms with Crippen molar-refractivity contribution in [1.29, 1.82) is 0 Å². The van der Waals surface area contributed by atoms with E-state index in [0.29, 0.717) is 9.90 Å². The molecule has 1 N–H and O–H groups in total. The summed E-state index contributed by atoms with van der Waals surface area (Å²) in [5.74, 6) is -0.164. The Kier molecular flexibility index (Phi) is 4.97. The minimum atomic E-state index is -0.282. The number of aryl methyl sites for hydroxylation is 1. The van der Waals surface area contributed by atoms with Crippen molar-refractivity contribution in [1.82, 2.24) is 5.43 Å². The van der Waals surface area contributed by atoms with Gasteiger partial charge in [0.15, 0.2) is 0 Å². The molecule has 0 aliphatic rings. The highest BCUT2D eigenvalue weighted by atomic mass is 35.5. The third kappa shape index (κ3) is 3.50. The highest BCUT2D eigenvalue weighted by Gasteiger charge is 2.16. The van der Waals surface area contributed by atoms with Crippen LogP contribution in [0.2, 0.25) is 5.02 Å². The van der Waals surface area contributed by atoms with Gasteiger partial charge in [-0.05, 0) is 24.1 Å². The summed E-state index contributed by atoms with van der Waals surface area (Å²) in [6.07, 6.45) is 1.72. The van der Waals surface area contributed by atoms with Gasteiger partial charge in [0.05, 0.1) is 5.02 Å². The zero-order valence-corrected chi connectivity index (χ0v) is 15.0. The predicted octanol–water partition coefficient (Wildman–Crippen LogP) is 5.38. The van der Waals surface area contributed by atoms with Crippen LogP contribution in [0, 0.1) is 6.92 Å². The molecule has 122 valence electrons. The molecule has 0 bridgehead atoms. The van der Waals surface area contributed by atoms with Gasteiger partial charge in [-0.1, -0.05) is 61.0 Å². The number of fused-ring (bicyclic) bond motifs is 1. The van der Waals surface area contributed by atoms with Gasteiger partial charge in [0, 0.05) is 22.2 Å². The molecule has 5 heteroatoms. The van der Waals surface area contributed by atoms with E-state index in [0.717, 1.165) is 21.2 Å². The fourth-order valence-corrected chi connectivity index (χ4v) is 3.92. The standard InChI is InChI=1S/C19H17ClN2OS/c1-12-8-9-15-16(10-12)24-18(17(15)20)19(23)22-21-11-13(2)14-6-4-3-5-7-14/h3-11,13H,1-2H3,(H,22,23)/b21-11+. The second kappa shape index (κ2) is 7.16. The van der Waals surface area contributed by atoms with Crippen LogP contribution in [0.15, 0.2) is 53.6 Å². The summed E-state index contributed by atoms with van der Waals surface area (Å²) in [6, 6.07) is 16.0. The number of carbonyl (C=O) groups is 1. The molecule has 3 nitrogen and oxygen atoms in total. The van der Waals surface area contributed by atoms with E-state index >= 15 is 0 Å². The molecule has 2 aromatic carbocycles. The summed E-state index contributed by atoms with van der Waals surface area (Å²) in [6.45, 7) is 4.04. The number of nitrogens with one attached hydrogen (secondary N) is 1. The first-order valence-corrected chi connectivity index (χ1v) is 8.83. The van der Waals surface area contributed by atoms with Crippen molar-refractivity contribution in [3.63, 3.8) is 0 Å². The third-order valence-corrected chi connectivity index (χ3v) is 5.44. The molecule has 1 unspecified atom stereocenters. The van der Waals surface area contributed by atoms with Gasteiger partial charge in [-0.25, -0.2) is 5.43 Å². The molecule has 0 aliphatic carbocycles. The summed E-state index contributed by atoms with van der Waals surface area (Å²) in [7, 11) is 0. The Morgan fingerprint density at radius 2 is 2.00 bits per heavy atom. The number of halogens is 1. The molecule has 3 rings (SSSR count). The lowest BCUT2D eigenvalue weighted by molar-refractivity contribution is 0.0959. The lowest BCUT2D eigenvalue weighted by atomic mass is 10.0. The summed E-state index contributed by atoms with van der Waals surface area (Å²) < 4.78 is 1.01. The zero-order valence-electron chi connectivity index (χ0n) is 13.4. The van der Waals surface area contributed by atoms with Gasteiger partial charge in [-0.2, -0.15) is 5.10 Å². The first-order valence-electron chi connectivity index (χ1n) is 7.63. The van der Waals surface area contributed by atoms with Crippen molar-refractivity contribution in [2.24, 2.45) is 5.10 Å². The topological polar surface area (TPSA) is 41.5 Å². The first kappa shape index (κ1) is 16.7. The van der Waals surface area contributed by atoms with Gasteiger partial charge in [0.1, 0.15) is 4.88 Å². The number of hydrazone groups is 1. The average molecular weight is 357 g/mol. The number of thiophene rings is 1. The molecule has 0 saturated carbocycles. The second-order valence-corrected chi connectivity index (χ2v) is 7.09. The van der Waals surface area contributed by atoms with Crippen molar-refractivity contribution in [3.05, 3.63) is 69.6 Å². The fraction of sp³-hybridized carbons (Fsp3) is 0.158. The van der Waals surface area contributed by atoms with Gasteiger partial charge in [0.2, 0.25) is 0 Å². The number of nitrogens with zero attached hydrogens (tertiary/aromatic N) is 1. The molecule has 3 aromatic rings. The summed E-state index contributed by atoms with van der Waals surface area (Å²) >= 11 is 7.72. The van der Waals surface area contributed by atoms with Gasteiger partial charge in [-0.3, -0.25) is 4.79 Å². The zero-order chi connectivity index (χ0) is 17.1. The van der Waals surface area contributed by atoms with Gasteiger partial charge in [-0.15, -0.1) is 11.3 Å². The number of carbonyl (C=O) groups excluding carboxylic acids is 1. The van der Waals surface area contributed by atoms with E-state index in [-0.39, 0.29) is 11.8 Å².